The Hall–Kier alpha value is -1.78. The van der Waals surface area contributed by atoms with Gasteiger partial charge >= 0.3 is 0 Å². The zero-order valence-electron chi connectivity index (χ0n) is 11.8. The number of amides is 1. The van der Waals surface area contributed by atoms with Crippen molar-refractivity contribution in [3.05, 3.63) is 24.3 Å². The van der Waals surface area contributed by atoms with E-state index in [1.54, 1.807) is 0 Å². The summed E-state index contributed by atoms with van der Waals surface area (Å²) in [5.74, 6) is 0.0569. The van der Waals surface area contributed by atoms with E-state index in [0.717, 1.165) is 25.7 Å². The second-order valence-corrected chi connectivity index (χ2v) is 5.26. The Labute approximate surface area is 119 Å². The average molecular weight is 275 g/mol. The standard InChI is InChI=1S/C15H21N3O2/c1-2-13(19)14(11-6-4-3-5-7-11)18-15(20)12-10-16-8-9-17-12/h8-11,14H,2-7H2,1H3,(H,18,20). The Balaban J connectivity index is 2.07. The molecule has 1 fully saturated rings. The zero-order chi connectivity index (χ0) is 14.4. The highest BCUT2D eigenvalue weighted by Crippen LogP contribution is 2.27. The summed E-state index contributed by atoms with van der Waals surface area (Å²) >= 11 is 0. The van der Waals surface area contributed by atoms with Crippen LogP contribution in [0.3, 0.4) is 0 Å². The fourth-order valence-corrected chi connectivity index (χ4v) is 2.78. The van der Waals surface area contributed by atoms with Gasteiger partial charge in [-0.2, -0.15) is 0 Å². The van der Waals surface area contributed by atoms with Gasteiger partial charge in [-0.15, -0.1) is 0 Å². The Morgan fingerprint density at radius 2 is 2.05 bits per heavy atom. The maximum absolute atomic E-state index is 12.2. The Morgan fingerprint density at radius 1 is 1.30 bits per heavy atom. The van der Waals surface area contributed by atoms with Crippen LogP contribution in [0.1, 0.15) is 55.9 Å². The van der Waals surface area contributed by atoms with Crippen molar-refractivity contribution >= 4 is 11.7 Å². The van der Waals surface area contributed by atoms with Crippen molar-refractivity contribution in [2.45, 2.75) is 51.5 Å². The number of ketones is 1. The van der Waals surface area contributed by atoms with Gasteiger partial charge in [0.25, 0.3) is 5.91 Å². The quantitative estimate of drug-likeness (QED) is 0.893. The molecule has 0 aliphatic heterocycles. The van der Waals surface area contributed by atoms with Gasteiger partial charge in [-0.1, -0.05) is 26.2 Å². The molecule has 1 heterocycles. The predicted octanol–water partition coefficient (Wildman–Crippen LogP) is 2.13. The molecule has 1 aromatic heterocycles. The number of carbonyl (C=O) groups excluding carboxylic acids is 2. The van der Waals surface area contributed by atoms with E-state index in [-0.39, 0.29) is 29.3 Å². The van der Waals surface area contributed by atoms with E-state index < -0.39 is 0 Å². The molecule has 1 aromatic rings. The van der Waals surface area contributed by atoms with E-state index >= 15 is 0 Å². The third kappa shape index (κ3) is 3.62. The second kappa shape index (κ2) is 7.12. The van der Waals surface area contributed by atoms with Crippen LogP contribution in [0.4, 0.5) is 0 Å². The highest BCUT2D eigenvalue weighted by Gasteiger charge is 2.30. The highest BCUT2D eigenvalue weighted by molar-refractivity contribution is 5.96. The van der Waals surface area contributed by atoms with Crippen molar-refractivity contribution in [2.75, 3.05) is 0 Å². The van der Waals surface area contributed by atoms with E-state index in [4.69, 9.17) is 0 Å². The van der Waals surface area contributed by atoms with Gasteiger partial charge in [0.15, 0.2) is 5.78 Å². The lowest BCUT2D eigenvalue weighted by Crippen LogP contribution is -2.46. The van der Waals surface area contributed by atoms with Crippen LogP contribution in [0, 0.1) is 5.92 Å². The Kier molecular flexibility index (Phi) is 5.21. The molecule has 1 aliphatic carbocycles. The summed E-state index contributed by atoms with van der Waals surface area (Å²) in [6, 6.07) is -0.380. The highest BCUT2D eigenvalue weighted by atomic mass is 16.2. The molecule has 1 unspecified atom stereocenters. The van der Waals surface area contributed by atoms with Gasteiger partial charge < -0.3 is 5.32 Å². The van der Waals surface area contributed by atoms with Crippen LogP contribution in [0.25, 0.3) is 0 Å². The lowest BCUT2D eigenvalue weighted by Gasteiger charge is -2.29. The van der Waals surface area contributed by atoms with Crippen molar-refractivity contribution in [2.24, 2.45) is 5.92 Å². The first kappa shape index (κ1) is 14.6. The third-order valence-corrected chi connectivity index (χ3v) is 3.90. The molecule has 108 valence electrons. The molecule has 2 rings (SSSR count). The minimum atomic E-state index is -0.380. The van der Waals surface area contributed by atoms with Crippen molar-refractivity contribution < 1.29 is 9.59 Å². The number of nitrogens with one attached hydrogen (secondary N) is 1. The Morgan fingerprint density at radius 3 is 2.65 bits per heavy atom. The van der Waals surface area contributed by atoms with Crippen molar-refractivity contribution in [1.29, 1.82) is 0 Å². The summed E-state index contributed by atoms with van der Waals surface area (Å²) in [6.07, 6.45) is 10.4. The van der Waals surface area contributed by atoms with E-state index in [1.165, 1.54) is 25.0 Å². The lowest BCUT2D eigenvalue weighted by atomic mass is 9.81. The fourth-order valence-electron chi connectivity index (χ4n) is 2.78. The number of carbonyl (C=O) groups is 2. The first-order chi connectivity index (χ1) is 9.72. The third-order valence-electron chi connectivity index (χ3n) is 3.90. The molecule has 5 nitrogen and oxygen atoms in total. The number of aromatic nitrogens is 2. The summed E-state index contributed by atoms with van der Waals surface area (Å²) < 4.78 is 0. The van der Waals surface area contributed by atoms with Gasteiger partial charge in [0.2, 0.25) is 0 Å². The predicted molar refractivity (Wildman–Crippen MR) is 75.2 cm³/mol. The zero-order valence-corrected chi connectivity index (χ0v) is 11.8. The van der Waals surface area contributed by atoms with Gasteiger partial charge in [0.1, 0.15) is 5.69 Å². The molecule has 5 heteroatoms. The van der Waals surface area contributed by atoms with Crippen LogP contribution < -0.4 is 5.32 Å². The molecule has 0 saturated heterocycles. The SMILES string of the molecule is CCC(=O)C(NC(=O)c1cnccn1)C1CCCCC1. The number of hydrogen-bond donors (Lipinski definition) is 1. The molecule has 0 bridgehead atoms. The Bertz CT molecular complexity index is 455. The van der Waals surface area contributed by atoms with Gasteiger partial charge in [0.05, 0.1) is 12.2 Å². The molecule has 1 amide bonds. The average Bonchev–Trinajstić information content (AvgIpc) is 2.53. The summed E-state index contributed by atoms with van der Waals surface area (Å²) in [5.41, 5.74) is 0.261. The number of Topliss-reactive ketones (excluding diaryl/α,β-unsaturated/α-hetero) is 1. The van der Waals surface area contributed by atoms with E-state index in [0.29, 0.717) is 6.42 Å². The largest absolute Gasteiger partial charge is 0.341 e. The van der Waals surface area contributed by atoms with E-state index in [1.807, 2.05) is 6.92 Å². The minimum Gasteiger partial charge on any atom is -0.341 e. The monoisotopic (exact) mass is 275 g/mol. The van der Waals surface area contributed by atoms with E-state index in [9.17, 15) is 9.59 Å². The van der Waals surface area contributed by atoms with Crippen LogP contribution in [0.2, 0.25) is 0 Å². The fraction of sp³-hybridized carbons (Fsp3) is 0.600. The maximum atomic E-state index is 12.2. The number of rotatable bonds is 5. The lowest BCUT2D eigenvalue weighted by molar-refractivity contribution is -0.122. The maximum Gasteiger partial charge on any atom is 0.272 e. The molecular weight excluding hydrogens is 254 g/mol. The van der Waals surface area contributed by atoms with Gasteiger partial charge in [0, 0.05) is 18.8 Å². The van der Waals surface area contributed by atoms with Crippen LogP contribution in [-0.4, -0.2) is 27.7 Å². The first-order valence-corrected chi connectivity index (χ1v) is 7.32. The summed E-state index contributed by atoms with van der Waals surface area (Å²) in [5, 5.41) is 2.86. The summed E-state index contributed by atoms with van der Waals surface area (Å²) in [6.45, 7) is 1.84. The van der Waals surface area contributed by atoms with Crippen molar-refractivity contribution in [3.63, 3.8) is 0 Å². The van der Waals surface area contributed by atoms with Crippen LogP contribution >= 0.6 is 0 Å². The van der Waals surface area contributed by atoms with Crippen LogP contribution in [0.5, 0.6) is 0 Å². The molecule has 1 saturated carbocycles. The smallest absolute Gasteiger partial charge is 0.272 e. The van der Waals surface area contributed by atoms with Crippen LogP contribution in [-0.2, 0) is 4.79 Å². The molecule has 1 aliphatic rings. The molecule has 1 atom stereocenters. The van der Waals surface area contributed by atoms with Gasteiger partial charge in [-0.25, -0.2) is 4.98 Å². The number of nitrogens with zero attached hydrogens (tertiary/aromatic N) is 2. The van der Waals surface area contributed by atoms with Gasteiger partial charge in [-0.05, 0) is 18.8 Å². The van der Waals surface area contributed by atoms with Crippen molar-refractivity contribution in [3.8, 4) is 0 Å². The summed E-state index contributed by atoms with van der Waals surface area (Å²) in [4.78, 5) is 32.1. The molecular formula is C15H21N3O2. The first-order valence-electron chi connectivity index (χ1n) is 7.32. The molecule has 20 heavy (non-hydrogen) atoms. The van der Waals surface area contributed by atoms with Crippen LogP contribution in [0.15, 0.2) is 18.6 Å². The molecule has 1 N–H and O–H groups in total. The minimum absolute atomic E-state index is 0.106. The van der Waals surface area contributed by atoms with Crippen molar-refractivity contribution in [1.82, 2.24) is 15.3 Å². The van der Waals surface area contributed by atoms with E-state index in [2.05, 4.69) is 15.3 Å². The topological polar surface area (TPSA) is 72.0 Å². The molecule has 0 aromatic carbocycles. The second-order valence-electron chi connectivity index (χ2n) is 5.26. The van der Waals surface area contributed by atoms with Gasteiger partial charge in [-0.3, -0.25) is 14.6 Å². The number of hydrogen-bond acceptors (Lipinski definition) is 4. The summed E-state index contributed by atoms with van der Waals surface area (Å²) in [7, 11) is 0. The molecule has 0 radical (unpaired) electrons. The normalized spacial score (nSPS) is 17.4. The molecule has 0 spiro atoms.